The number of hydrogen-bond donors (Lipinski definition) is 0. The van der Waals surface area contributed by atoms with Crippen molar-refractivity contribution in [3.05, 3.63) is 83.9 Å². The van der Waals surface area contributed by atoms with Gasteiger partial charge in [0.25, 0.3) is 5.78 Å². The number of hydrogen-bond acceptors (Lipinski definition) is 4. The predicted molar refractivity (Wildman–Crippen MR) is 101 cm³/mol. The lowest BCUT2D eigenvalue weighted by Gasteiger charge is -2.04. The van der Waals surface area contributed by atoms with E-state index in [1.807, 2.05) is 24.3 Å². The summed E-state index contributed by atoms with van der Waals surface area (Å²) in [6.45, 7) is 0.400. The molecular weight excluding hydrogens is 328 g/mol. The van der Waals surface area contributed by atoms with E-state index in [1.54, 1.807) is 24.3 Å². The summed E-state index contributed by atoms with van der Waals surface area (Å²) in [4.78, 5) is 22.9. The Balaban J connectivity index is 1.57. The third-order valence-electron chi connectivity index (χ3n) is 3.92. The van der Waals surface area contributed by atoms with E-state index < -0.39 is 11.8 Å². The summed E-state index contributed by atoms with van der Waals surface area (Å²) < 4.78 is 10.0. The van der Waals surface area contributed by atoms with Crippen molar-refractivity contribution in [2.75, 3.05) is 13.7 Å². The smallest absolute Gasteiger partial charge is 0.379 e. The Labute approximate surface area is 151 Å². The molecule has 0 spiro atoms. The van der Waals surface area contributed by atoms with Gasteiger partial charge in [0.15, 0.2) is 0 Å². The maximum atomic E-state index is 11.7. The lowest BCUT2D eigenvalue weighted by Crippen LogP contribution is -2.15. The van der Waals surface area contributed by atoms with Crippen LogP contribution >= 0.6 is 0 Å². The van der Waals surface area contributed by atoms with Crippen LogP contribution < -0.4 is 4.74 Å². The fraction of sp³-hybridized carbons (Fsp3) is 0.0909. The van der Waals surface area contributed by atoms with Crippen LogP contribution in [0.25, 0.3) is 16.8 Å². The summed E-state index contributed by atoms with van der Waals surface area (Å²) in [7, 11) is 1.18. The van der Waals surface area contributed by atoms with E-state index in [2.05, 4.69) is 35.1 Å². The minimum absolute atomic E-state index is 0.274. The molecule has 0 aromatic heterocycles. The Hall–Kier alpha value is -3.40. The lowest BCUT2D eigenvalue weighted by molar-refractivity contribution is -0.135. The third-order valence-corrected chi connectivity index (χ3v) is 3.92. The second kappa shape index (κ2) is 8.12. The average Bonchev–Trinajstić information content (AvgIpc) is 2.70. The Morgan fingerprint density at radius 3 is 2.38 bits per heavy atom. The Morgan fingerprint density at radius 2 is 1.65 bits per heavy atom. The molecule has 0 saturated carbocycles. The molecule has 130 valence electrons. The summed E-state index contributed by atoms with van der Waals surface area (Å²) in [5.74, 6) is -0.929. The van der Waals surface area contributed by atoms with Gasteiger partial charge in [-0.15, -0.1) is 0 Å². The Kier molecular flexibility index (Phi) is 5.44. The first-order valence-corrected chi connectivity index (χ1v) is 8.18. The molecule has 4 heteroatoms. The van der Waals surface area contributed by atoms with E-state index in [-0.39, 0.29) is 5.56 Å². The molecule has 0 aliphatic carbocycles. The van der Waals surface area contributed by atoms with Gasteiger partial charge in [-0.05, 0) is 52.7 Å². The zero-order valence-corrected chi connectivity index (χ0v) is 14.3. The summed E-state index contributed by atoms with van der Waals surface area (Å²) in [6, 6.07) is 20.9. The summed E-state index contributed by atoms with van der Waals surface area (Å²) in [6.07, 6.45) is 3.93. The molecule has 3 rings (SSSR count). The van der Waals surface area contributed by atoms with Crippen LogP contribution in [0, 0.1) is 0 Å². The van der Waals surface area contributed by atoms with Crippen LogP contribution in [0.15, 0.2) is 72.8 Å². The molecule has 0 aliphatic rings. The van der Waals surface area contributed by atoms with Gasteiger partial charge in [0, 0.05) is 5.56 Å². The van der Waals surface area contributed by atoms with E-state index in [4.69, 9.17) is 4.74 Å². The molecule has 0 aliphatic heterocycles. The number of carbonyl (C=O) groups is 2. The number of fused-ring (bicyclic) bond motifs is 1. The van der Waals surface area contributed by atoms with Crippen molar-refractivity contribution < 1.29 is 19.1 Å². The molecule has 4 nitrogen and oxygen atoms in total. The van der Waals surface area contributed by atoms with Crippen LogP contribution in [-0.2, 0) is 9.53 Å². The van der Waals surface area contributed by atoms with E-state index >= 15 is 0 Å². The van der Waals surface area contributed by atoms with Gasteiger partial charge in [0.1, 0.15) is 12.4 Å². The van der Waals surface area contributed by atoms with Crippen molar-refractivity contribution in [3.63, 3.8) is 0 Å². The van der Waals surface area contributed by atoms with E-state index in [1.165, 1.54) is 17.9 Å². The summed E-state index contributed by atoms with van der Waals surface area (Å²) in [5.41, 5.74) is 1.38. The number of esters is 1. The number of rotatable bonds is 6. The minimum Gasteiger partial charge on any atom is -0.490 e. The van der Waals surface area contributed by atoms with Gasteiger partial charge < -0.3 is 9.47 Å². The van der Waals surface area contributed by atoms with E-state index in [9.17, 15) is 9.59 Å². The first-order valence-electron chi connectivity index (χ1n) is 8.18. The average molecular weight is 346 g/mol. The molecule has 0 saturated heterocycles. The van der Waals surface area contributed by atoms with Crippen molar-refractivity contribution in [1.29, 1.82) is 0 Å². The van der Waals surface area contributed by atoms with E-state index in [0.29, 0.717) is 12.4 Å². The maximum absolute atomic E-state index is 11.7. The molecule has 0 unspecified atom stereocenters. The van der Waals surface area contributed by atoms with Gasteiger partial charge in [-0.2, -0.15) is 0 Å². The third kappa shape index (κ3) is 4.16. The fourth-order valence-corrected chi connectivity index (χ4v) is 2.55. The molecule has 0 fully saturated rings. The van der Waals surface area contributed by atoms with Crippen molar-refractivity contribution in [1.82, 2.24) is 0 Å². The van der Waals surface area contributed by atoms with Crippen LogP contribution in [0.1, 0.15) is 15.9 Å². The van der Waals surface area contributed by atoms with Crippen LogP contribution in [0.5, 0.6) is 5.75 Å². The lowest BCUT2D eigenvalue weighted by atomic mass is 10.1. The number of ether oxygens (including phenoxy) is 2. The van der Waals surface area contributed by atoms with Crippen LogP contribution in [-0.4, -0.2) is 25.5 Å². The van der Waals surface area contributed by atoms with Crippen molar-refractivity contribution in [2.45, 2.75) is 0 Å². The molecule has 0 N–H and O–H groups in total. The Morgan fingerprint density at radius 1 is 0.923 bits per heavy atom. The van der Waals surface area contributed by atoms with Crippen molar-refractivity contribution in [3.8, 4) is 5.75 Å². The highest BCUT2D eigenvalue weighted by atomic mass is 16.5. The molecule has 0 bridgehead atoms. The molecule has 0 radical (unpaired) electrons. The Bertz CT molecular complexity index is 955. The SMILES string of the molecule is COC(=O)C(=O)c1ccc(OCC=Cc2ccc3ccccc3c2)cc1. The van der Waals surface area contributed by atoms with Crippen LogP contribution in [0.2, 0.25) is 0 Å². The second-order valence-electron chi connectivity index (χ2n) is 5.67. The second-order valence-corrected chi connectivity index (χ2v) is 5.67. The highest BCUT2D eigenvalue weighted by Crippen LogP contribution is 2.17. The molecule has 26 heavy (non-hydrogen) atoms. The minimum atomic E-state index is -0.878. The molecule has 0 heterocycles. The highest BCUT2D eigenvalue weighted by molar-refractivity contribution is 6.40. The van der Waals surface area contributed by atoms with Crippen molar-refractivity contribution >= 4 is 28.6 Å². The normalized spacial score (nSPS) is 10.8. The molecule has 0 atom stereocenters. The standard InChI is InChI=1S/C22H18O4/c1-25-22(24)21(23)18-10-12-20(13-11-18)26-14-4-5-16-8-9-17-6-2-3-7-19(17)15-16/h2-13,15H,14H2,1H3. The van der Waals surface area contributed by atoms with Gasteiger partial charge in [0.2, 0.25) is 0 Å². The van der Waals surface area contributed by atoms with Gasteiger partial charge in [-0.3, -0.25) is 4.79 Å². The summed E-state index contributed by atoms with van der Waals surface area (Å²) >= 11 is 0. The number of carbonyl (C=O) groups excluding carboxylic acids is 2. The zero-order chi connectivity index (χ0) is 18.4. The number of Topliss-reactive ketones (excluding diaryl/α,β-unsaturated/α-hetero) is 1. The number of benzene rings is 3. The summed E-state index contributed by atoms with van der Waals surface area (Å²) in [5, 5.41) is 2.41. The van der Waals surface area contributed by atoms with Gasteiger partial charge >= 0.3 is 5.97 Å². The van der Waals surface area contributed by atoms with Gasteiger partial charge in [-0.1, -0.05) is 42.5 Å². The van der Waals surface area contributed by atoms with Crippen molar-refractivity contribution in [2.24, 2.45) is 0 Å². The maximum Gasteiger partial charge on any atom is 0.379 e. The molecule has 0 amide bonds. The largest absolute Gasteiger partial charge is 0.490 e. The van der Waals surface area contributed by atoms with Gasteiger partial charge in [0.05, 0.1) is 7.11 Å². The first kappa shape index (κ1) is 17.4. The van der Waals surface area contributed by atoms with Crippen LogP contribution in [0.3, 0.4) is 0 Å². The highest BCUT2D eigenvalue weighted by Gasteiger charge is 2.16. The molecular formula is C22H18O4. The van der Waals surface area contributed by atoms with E-state index in [0.717, 1.165) is 5.56 Å². The number of methoxy groups -OCH3 is 1. The first-order chi connectivity index (χ1) is 12.7. The predicted octanol–water partition coefficient (Wildman–Crippen LogP) is 4.29. The topological polar surface area (TPSA) is 52.6 Å². The quantitative estimate of drug-likeness (QED) is 0.380. The fourth-order valence-electron chi connectivity index (χ4n) is 2.55. The van der Waals surface area contributed by atoms with Crippen LogP contribution in [0.4, 0.5) is 0 Å². The molecule has 3 aromatic carbocycles. The monoisotopic (exact) mass is 346 g/mol. The number of ketones is 1. The van der Waals surface area contributed by atoms with Gasteiger partial charge in [-0.25, -0.2) is 4.79 Å². The molecule has 3 aromatic rings. The zero-order valence-electron chi connectivity index (χ0n) is 14.3.